The molecule has 0 saturated heterocycles. The number of carbonyl (C=O) groups excluding carboxylic acids is 1. The van der Waals surface area contributed by atoms with Crippen LogP contribution >= 0.6 is 0 Å². The molecule has 0 unspecified atom stereocenters. The van der Waals surface area contributed by atoms with Gasteiger partial charge in [0.1, 0.15) is 11.6 Å². The summed E-state index contributed by atoms with van der Waals surface area (Å²) in [7, 11) is 0. The lowest BCUT2D eigenvalue weighted by molar-refractivity contribution is -0.120. The third-order valence-corrected chi connectivity index (χ3v) is 3.03. The predicted octanol–water partition coefficient (Wildman–Crippen LogP) is 3.08. The average molecular weight is 287 g/mol. The zero-order chi connectivity index (χ0) is 15.1. The van der Waals surface area contributed by atoms with Crippen LogP contribution in [-0.2, 0) is 17.8 Å². The molecule has 3 nitrogen and oxygen atoms in total. The van der Waals surface area contributed by atoms with Crippen LogP contribution in [0.3, 0.4) is 0 Å². The van der Waals surface area contributed by atoms with Gasteiger partial charge in [-0.2, -0.15) is 0 Å². The van der Waals surface area contributed by atoms with E-state index in [0.717, 1.165) is 16.9 Å². The van der Waals surface area contributed by atoms with E-state index < -0.39 is 0 Å². The molecular weight excluding hydrogens is 269 g/mol. The molecule has 0 radical (unpaired) electrons. The molecule has 0 saturated carbocycles. The monoisotopic (exact) mass is 287 g/mol. The number of amides is 1. The van der Waals surface area contributed by atoms with Crippen LogP contribution < -0.4 is 10.1 Å². The molecule has 110 valence electrons. The Balaban J connectivity index is 1.90. The second kappa shape index (κ2) is 7.43. The Hall–Kier alpha value is -2.36. The summed E-state index contributed by atoms with van der Waals surface area (Å²) in [4.78, 5) is 11.9. The largest absolute Gasteiger partial charge is 0.494 e. The molecule has 0 aliphatic rings. The molecular formula is C17H18FNO2. The lowest BCUT2D eigenvalue weighted by atomic mass is 10.1. The van der Waals surface area contributed by atoms with Crippen molar-refractivity contribution < 1.29 is 13.9 Å². The van der Waals surface area contributed by atoms with E-state index in [4.69, 9.17) is 4.74 Å². The molecule has 0 aromatic heterocycles. The van der Waals surface area contributed by atoms with E-state index in [2.05, 4.69) is 5.32 Å². The molecule has 0 aliphatic carbocycles. The van der Waals surface area contributed by atoms with Gasteiger partial charge in [-0.1, -0.05) is 30.3 Å². The summed E-state index contributed by atoms with van der Waals surface area (Å²) >= 11 is 0. The molecule has 21 heavy (non-hydrogen) atoms. The molecule has 0 atom stereocenters. The first-order chi connectivity index (χ1) is 10.2. The van der Waals surface area contributed by atoms with Gasteiger partial charge in [-0.25, -0.2) is 4.39 Å². The number of hydrogen-bond acceptors (Lipinski definition) is 2. The van der Waals surface area contributed by atoms with Gasteiger partial charge in [-0.3, -0.25) is 4.79 Å². The SMILES string of the molecule is CCOc1ccccc1CNC(=O)Cc1ccc(F)cc1. The quantitative estimate of drug-likeness (QED) is 0.886. The third kappa shape index (κ3) is 4.60. The van der Waals surface area contributed by atoms with Crippen molar-refractivity contribution in [2.75, 3.05) is 6.61 Å². The van der Waals surface area contributed by atoms with Crippen LogP contribution in [0.25, 0.3) is 0 Å². The highest BCUT2D eigenvalue weighted by Gasteiger charge is 2.06. The van der Waals surface area contributed by atoms with E-state index in [-0.39, 0.29) is 18.1 Å². The Labute approximate surface area is 123 Å². The average Bonchev–Trinajstić information content (AvgIpc) is 2.49. The molecule has 0 fully saturated rings. The molecule has 1 N–H and O–H groups in total. The Morgan fingerprint density at radius 1 is 1.14 bits per heavy atom. The Morgan fingerprint density at radius 3 is 2.57 bits per heavy atom. The van der Waals surface area contributed by atoms with Crippen LogP contribution in [0.4, 0.5) is 4.39 Å². The van der Waals surface area contributed by atoms with Gasteiger partial charge in [0.2, 0.25) is 5.91 Å². The van der Waals surface area contributed by atoms with Crippen LogP contribution in [0.5, 0.6) is 5.75 Å². The Morgan fingerprint density at radius 2 is 1.86 bits per heavy atom. The highest BCUT2D eigenvalue weighted by atomic mass is 19.1. The summed E-state index contributed by atoms with van der Waals surface area (Å²) in [5.41, 5.74) is 1.72. The third-order valence-electron chi connectivity index (χ3n) is 3.03. The lowest BCUT2D eigenvalue weighted by Gasteiger charge is -2.11. The van der Waals surface area contributed by atoms with E-state index in [1.807, 2.05) is 31.2 Å². The number of halogens is 1. The minimum Gasteiger partial charge on any atom is -0.494 e. The van der Waals surface area contributed by atoms with Crippen LogP contribution in [0.2, 0.25) is 0 Å². The number of carbonyl (C=O) groups is 1. The smallest absolute Gasteiger partial charge is 0.224 e. The summed E-state index contributed by atoms with van der Waals surface area (Å²) in [6.45, 7) is 2.92. The fourth-order valence-corrected chi connectivity index (χ4v) is 1.99. The van der Waals surface area contributed by atoms with E-state index >= 15 is 0 Å². The lowest BCUT2D eigenvalue weighted by Crippen LogP contribution is -2.24. The second-order valence-electron chi connectivity index (χ2n) is 4.62. The molecule has 0 aliphatic heterocycles. The first-order valence-electron chi connectivity index (χ1n) is 6.91. The molecule has 0 spiro atoms. The van der Waals surface area contributed by atoms with Crippen LogP contribution in [0.15, 0.2) is 48.5 Å². The van der Waals surface area contributed by atoms with Crippen LogP contribution in [0, 0.1) is 5.82 Å². The fourth-order valence-electron chi connectivity index (χ4n) is 1.99. The zero-order valence-corrected chi connectivity index (χ0v) is 11.9. The van der Waals surface area contributed by atoms with Crippen molar-refractivity contribution in [3.63, 3.8) is 0 Å². The van der Waals surface area contributed by atoms with Gasteiger partial charge in [0.05, 0.1) is 13.0 Å². The van der Waals surface area contributed by atoms with Crippen molar-refractivity contribution in [3.05, 3.63) is 65.5 Å². The number of ether oxygens (including phenoxy) is 1. The normalized spacial score (nSPS) is 10.2. The molecule has 4 heteroatoms. The van der Waals surface area contributed by atoms with Crippen molar-refractivity contribution >= 4 is 5.91 Å². The summed E-state index contributed by atoms with van der Waals surface area (Å²) in [5, 5.41) is 2.85. The van der Waals surface area contributed by atoms with Crippen LogP contribution in [-0.4, -0.2) is 12.5 Å². The van der Waals surface area contributed by atoms with Gasteiger partial charge in [0, 0.05) is 12.1 Å². The van der Waals surface area contributed by atoms with Crippen molar-refractivity contribution in [3.8, 4) is 5.75 Å². The van der Waals surface area contributed by atoms with E-state index in [1.165, 1.54) is 12.1 Å². The molecule has 2 rings (SSSR count). The van der Waals surface area contributed by atoms with Gasteiger partial charge in [-0.05, 0) is 30.7 Å². The molecule has 2 aromatic carbocycles. The highest BCUT2D eigenvalue weighted by Crippen LogP contribution is 2.17. The number of nitrogens with one attached hydrogen (secondary N) is 1. The van der Waals surface area contributed by atoms with Gasteiger partial charge >= 0.3 is 0 Å². The maximum Gasteiger partial charge on any atom is 0.224 e. The summed E-state index contributed by atoms with van der Waals surface area (Å²) in [5.74, 6) is 0.375. The van der Waals surface area contributed by atoms with Gasteiger partial charge in [-0.15, -0.1) is 0 Å². The minimum atomic E-state index is -0.301. The van der Waals surface area contributed by atoms with Gasteiger partial charge in [0.25, 0.3) is 0 Å². The Bertz CT molecular complexity index is 596. The maximum absolute atomic E-state index is 12.8. The van der Waals surface area contributed by atoms with Crippen molar-refractivity contribution in [1.29, 1.82) is 0 Å². The number of hydrogen-bond donors (Lipinski definition) is 1. The first-order valence-corrected chi connectivity index (χ1v) is 6.91. The summed E-state index contributed by atoms with van der Waals surface area (Å²) < 4.78 is 18.3. The van der Waals surface area contributed by atoms with Crippen molar-refractivity contribution in [2.45, 2.75) is 19.9 Å². The van der Waals surface area contributed by atoms with Crippen molar-refractivity contribution in [1.82, 2.24) is 5.32 Å². The number of rotatable bonds is 6. The molecule has 2 aromatic rings. The molecule has 0 heterocycles. The highest BCUT2D eigenvalue weighted by molar-refractivity contribution is 5.78. The molecule has 0 bridgehead atoms. The predicted molar refractivity (Wildman–Crippen MR) is 79.6 cm³/mol. The van der Waals surface area contributed by atoms with E-state index in [0.29, 0.717) is 13.2 Å². The summed E-state index contributed by atoms with van der Waals surface area (Å²) in [6.07, 6.45) is 0.233. The topological polar surface area (TPSA) is 38.3 Å². The first kappa shape index (κ1) is 15.0. The van der Waals surface area contributed by atoms with Crippen LogP contribution in [0.1, 0.15) is 18.1 Å². The van der Waals surface area contributed by atoms with Gasteiger partial charge < -0.3 is 10.1 Å². The standard InChI is InChI=1S/C17H18FNO2/c1-2-21-16-6-4-3-5-14(16)12-19-17(20)11-13-7-9-15(18)10-8-13/h3-10H,2,11-12H2,1H3,(H,19,20). The summed E-state index contributed by atoms with van der Waals surface area (Å²) in [6, 6.07) is 13.5. The zero-order valence-electron chi connectivity index (χ0n) is 11.9. The number of benzene rings is 2. The molecule has 1 amide bonds. The van der Waals surface area contributed by atoms with E-state index in [1.54, 1.807) is 12.1 Å². The second-order valence-corrected chi connectivity index (χ2v) is 4.62. The van der Waals surface area contributed by atoms with E-state index in [9.17, 15) is 9.18 Å². The fraction of sp³-hybridized carbons (Fsp3) is 0.235. The number of para-hydroxylation sites is 1. The van der Waals surface area contributed by atoms with Gasteiger partial charge in [0.15, 0.2) is 0 Å². The minimum absolute atomic E-state index is 0.104. The van der Waals surface area contributed by atoms with Crippen molar-refractivity contribution in [2.24, 2.45) is 0 Å². The Kier molecular flexibility index (Phi) is 5.32. The maximum atomic E-state index is 12.8.